The fourth-order valence-corrected chi connectivity index (χ4v) is 3.42. The van der Waals surface area contributed by atoms with Gasteiger partial charge in [0.25, 0.3) is 0 Å². The van der Waals surface area contributed by atoms with Gasteiger partial charge in [-0.05, 0) is 23.8 Å². The molecule has 1 fully saturated rings. The lowest BCUT2D eigenvalue weighted by Gasteiger charge is -2.37. The van der Waals surface area contributed by atoms with Crippen molar-refractivity contribution in [2.75, 3.05) is 37.6 Å². The molecule has 0 bridgehead atoms. The minimum absolute atomic E-state index is 0.00752. The molecule has 0 aromatic heterocycles. The molecule has 27 heavy (non-hydrogen) atoms. The Morgan fingerprint density at radius 3 is 2.33 bits per heavy atom. The van der Waals surface area contributed by atoms with E-state index in [-0.39, 0.29) is 18.4 Å². The zero-order valence-electron chi connectivity index (χ0n) is 15.5. The van der Waals surface area contributed by atoms with Gasteiger partial charge in [-0.2, -0.15) is 0 Å². The van der Waals surface area contributed by atoms with E-state index >= 15 is 0 Å². The van der Waals surface area contributed by atoms with E-state index in [2.05, 4.69) is 4.90 Å². The van der Waals surface area contributed by atoms with Gasteiger partial charge in [-0.3, -0.25) is 9.59 Å². The summed E-state index contributed by atoms with van der Waals surface area (Å²) in [5.74, 6) is -0.100. The standard InChI is InChI=1S/C21H24ClN3O2/c1-17(26)25(15-18-6-3-2-4-7-18)16-21(27)24-12-10-23(11-13-24)20-9-5-8-19(22)14-20/h2-9,14H,10-13,15-16H2,1H3. The quantitative estimate of drug-likeness (QED) is 0.794. The van der Waals surface area contributed by atoms with Crippen LogP contribution in [0.5, 0.6) is 0 Å². The molecule has 5 nitrogen and oxygen atoms in total. The topological polar surface area (TPSA) is 43.9 Å². The van der Waals surface area contributed by atoms with Crippen LogP contribution >= 0.6 is 11.6 Å². The molecule has 0 radical (unpaired) electrons. The van der Waals surface area contributed by atoms with Crippen molar-refractivity contribution in [3.8, 4) is 0 Å². The second-order valence-corrected chi connectivity index (χ2v) is 7.14. The van der Waals surface area contributed by atoms with Crippen LogP contribution in [0.15, 0.2) is 54.6 Å². The molecule has 6 heteroatoms. The second-order valence-electron chi connectivity index (χ2n) is 6.71. The zero-order valence-corrected chi connectivity index (χ0v) is 16.2. The Hall–Kier alpha value is -2.53. The third-order valence-corrected chi connectivity index (χ3v) is 5.03. The summed E-state index contributed by atoms with van der Waals surface area (Å²) >= 11 is 6.07. The Labute approximate surface area is 165 Å². The lowest BCUT2D eigenvalue weighted by Crippen LogP contribution is -2.51. The predicted octanol–water partition coefficient (Wildman–Crippen LogP) is 3.04. The van der Waals surface area contributed by atoms with E-state index in [1.165, 1.54) is 6.92 Å². The fourth-order valence-electron chi connectivity index (χ4n) is 3.23. The molecular weight excluding hydrogens is 362 g/mol. The lowest BCUT2D eigenvalue weighted by molar-refractivity contribution is -0.140. The van der Waals surface area contributed by atoms with Gasteiger partial charge in [0.05, 0.1) is 0 Å². The van der Waals surface area contributed by atoms with Gasteiger partial charge >= 0.3 is 0 Å². The molecule has 1 aliphatic heterocycles. The number of anilines is 1. The Morgan fingerprint density at radius 2 is 1.70 bits per heavy atom. The van der Waals surface area contributed by atoms with E-state index in [0.29, 0.717) is 24.7 Å². The van der Waals surface area contributed by atoms with Crippen molar-refractivity contribution in [3.05, 3.63) is 65.2 Å². The fraction of sp³-hybridized carbons (Fsp3) is 0.333. The Bertz CT molecular complexity index is 789. The molecule has 2 aromatic rings. The first kappa shape index (κ1) is 19.2. The summed E-state index contributed by atoms with van der Waals surface area (Å²) in [5, 5.41) is 0.712. The van der Waals surface area contributed by atoms with Gasteiger partial charge in [0.15, 0.2) is 0 Å². The zero-order chi connectivity index (χ0) is 19.2. The molecule has 0 atom stereocenters. The average molecular weight is 386 g/mol. The normalized spacial score (nSPS) is 14.1. The van der Waals surface area contributed by atoms with Gasteiger partial charge in [-0.25, -0.2) is 0 Å². The van der Waals surface area contributed by atoms with Crippen molar-refractivity contribution < 1.29 is 9.59 Å². The van der Waals surface area contributed by atoms with Crippen LogP contribution in [0.25, 0.3) is 0 Å². The summed E-state index contributed by atoms with van der Waals surface area (Å²) in [4.78, 5) is 30.3. The minimum atomic E-state index is -0.0928. The highest BCUT2D eigenvalue weighted by molar-refractivity contribution is 6.30. The van der Waals surface area contributed by atoms with Gasteiger partial charge < -0.3 is 14.7 Å². The van der Waals surface area contributed by atoms with Crippen molar-refractivity contribution in [1.82, 2.24) is 9.80 Å². The molecule has 3 rings (SSSR count). The van der Waals surface area contributed by atoms with Crippen LogP contribution in [0.1, 0.15) is 12.5 Å². The third-order valence-electron chi connectivity index (χ3n) is 4.79. The van der Waals surface area contributed by atoms with Crippen LogP contribution in [0.3, 0.4) is 0 Å². The molecule has 0 N–H and O–H groups in total. The molecule has 1 heterocycles. The molecule has 0 spiro atoms. The number of rotatable bonds is 5. The number of amides is 2. The highest BCUT2D eigenvalue weighted by Crippen LogP contribution is 2.21. The minimum Gasteiger partial charge on any atom is -0.368 e. The van der Waals surface area contributed by atoms with Gasteiger partial charge in [-0.15, -0.1) is 0 Å². The number of hydrogen-bond donors (Lipinski definition) is 0. The van der Waals surface area contributed by atoms with Crippen molar-refractivity contribution in [3.63, 3.8) is 0 Å². The van der Waals surface area contributed by atoms with Gasteiger partial charge in [0, 0.05) is 50.4 Å². The van der Waals surface area contributed by atoms with Crippen LogP contribution in [-0.4, -0.2) is 54.3 Å². The number of nitrogens with zero attached hydrogens (tertiary/aromatic N) is 3. The van der Waals surface area contributed by atoms with Gasteiger partial charge in [0.2, 0.25) is 11.8 Å². The van der Waals surface area contributed by atoms with Crippen molar-refractivity contribution in [2.24, 2.45) is 0 Å². The Balaban J connectivity index is 1.55. The van der Waals surface area contributed by atoms with E-state index in [1.807, 2.05) is 59.5 Å². The van der Waals surface area contributed by atoms with E-state index in [1.54, 1.807) is 4.90 Å². The molecular formula is C21H24ClN3O2. The number of carbonyl (C=O) groups is 2. The first-order valence-electron chi connectivity index (χ1n) is 9.10. The summed E-state index contributed by atoms with van der Waals surface area (Å²) in [6, 6.07) is 17.5. The van der Waals surface area contributed by atoms with E-state index in [9.17, 15) is 9.59 Å². The summed E-state index contributed by atoms with van der Waals surface area (Å²) < 4.78 is 0. The van der Waals surface area contributed by atoms with Crippen LogP contribution in [-0.2, 0) is 16.1 Å². The van der Waals surface area contributed by atoms with Crippen LogP contribution < -0.4 is 4.90 Å². The highest BCUT2D eigenvalue weighted by atomic mass is 35.5. The maximum Gasteiger partial charge on any atom is 0.242 e. The average Bonchev–Trinajstić information content (AvgIpc) is 2.68. The van der Waals surface area contributed by atoms with Crippen LogP contribution in [0, 0.1) is 0 Å². The first-order valence-corrected chi connectivity index (χ1v) is 9.48. The number of piperazine rings is 1. The van der Waals surface area contributed by atoms with E-state index in [0.717, 1.165) is 24.3 Å². The largest absolute Gasteiger partial charge is 0.368 e. The molecule has 142 valence electrons. The van der Waals surface area contributed by atoms with Gasteiger partial charge in [-0.1, -0.05) is 48.0 Å². The predicted molar refractivity (Wildman–Crippen MR) is 108 cm³/mol. The third kappa shape index (κ3) is 5.23. The highest BCUT2D eigenvalue weighted by Gasteiger charge is 2.24. The molecule has 1 saturated heterocycles. The van der Waals surface area contributed by atoms with E-state index in [4.69, 9.17) is 11.6 Å². The summed E-state index contributed by atoms with van der Waals surface area (Å²) in [6.45, 7) is 4.86. The molecule has 2 aromatic carbocycles. The number of carbonyl (C=O) groups excluding carboxylic acids is 2. The van der Waals surface area contributed by atoms with Crippen molar-refractivity contribution >= 4 is 29.1 Å². The second kappa shape index (κ2) is 8.91. The molecule has 0 saturated carbocycles. The molecule has 0 unspecified atom stereocenters. The number of halogens is 1. The Morgan fingerprint density at radius 1 is 1.00 bits per heavy atom. The van der Waals surface area contributed by atoms with Crippen molar-refractivity contribution in [2.45, 2.75) is 13.5 Å². The van der Waals surface area contributed by atoms with Gasteiger partial charge in [0.1, 0.15) is 6.54 Å². The molecule has 0 aliphatic carbocycles. The first-order chi connectivity index (χ1) is 13.0. The summed E-state index contributed by atoms with van der Waals surface area (Å²) in [6.07, 6.45) is 0. The van der Waals surface area contributed by atoms with E-state index < -0.39 is 0 Å². The SMILES string of the molecule is CC(=O)N(CC(=O)N1CCN(c2cccc(Cl)c2)CC1)Cc1ccccc1. The number of benzene rings is 2. The lowest BCUT2D eigenvalue weighted by atomic mass is 10.2. The maximum absolute atomic E-state index is 12.7. The smallest absolute Gasteiger partial charge is 0.242 e. The summed E-state index contributed by atoms with van der Waals surface area (Å²) in [7, 11) is 0. The summed E-state index contributed by atoms with van der Waals surface area (Å²) in [5.41, 5.74) is 2.09. The monoisotopic (exact) mass is 385 g/mol. The van der Waals surface area contributed by atoms with Crippen LogP contribution in [0.4, 0.5) is 5.69 Å². The van der Waals surface area contributed by atoms with Crippen LogP contribution in [0.2, 0.25) is 5.02 Å². The molecule has 1 aliphatic rings. The Kier molecular flexibility index (Phi) is 6.35. The maximum atomic E-state index is 12.7. The number of hydrogen-bond acceptors (Lipinski definition) is 3. The molecule has 2 amide bonds. The van der Waals surface area contributed by atoms with Crippen molar-refractivity contribution in [1.29, 1.82) is 0 Å².